The summed E-state index contributed by atoms with van der Waals surface area (Å²) in [5.74, 6) is 2.55. The SMILES string of the molecule is C#CCN(CC)C(=O)c1cc2sccc2s1. The van der Waals surface area contributed by atoms with Crippen molar-refractivity contribution in [3.05, 3.63) is 22.4 Å². The predicted molar refractivity (Wildman–Crippen MR) is 70.1 cm³/mol. The molecule has 0 saturated heterocycles. The first-order chi connectivity index (χ1) is 7.76. The summed E-state index contributed by atoms with van der Waals surface area (Å²) in [5.41, 5.74) is 0. The van der Waals surface area contributed by atoms with Gasteiger partial charge in [-0.1, -0.05) is 5.92 Å². The van der Waals surface area contributed by atoms with Crippen molar-refractivity contribution in [3.8, 4) is 12.3 Å². The van der Waals surface area contributed by atoms with Crippen molar-refractivity contribution in [2.24, 2.45) is 0 Å². The van der Waals surface area contributed by atoms with Crippen LogP contribution in [-0.2, 0) is 0 Å². The lowest BCUT2D eigenvalue weighted by Crippen LogP contribution is -2.30. The number of hydrogen-bond donors (Lipinski definition) is 0. The number of carbonyl (C=O) groups is 1. The summed E-state index contributed by atoms with van der Waals surface area (Å²) in [6, 6.07) is 3.99. The molecule has 0 aliphatic carbocycles. The van der Waals surface area contributed by atoms with Crippen molar-refractivity contribution < 1.29 is 4.79 Å². The molecule has 0 N–H and O–H groups in total. The van der Waals surface area contributed by atoms with Crippen LogP contribution >= 0.6 is 22.7 Å². The topological polar surface area (TPSA) is 20.3 Å². The molecule has 2 heterocycles. The molecule has 0 fully saturated rings. The number of rotatable bonds is 3. The minimum Gasteiger partial charge on any atom is -0.327 e. The van der Waals surface area contributed by atoms with Gasteiger partial charge in [-0.25, -0.2) is 0 Å². The second-order valence-corrected chi connectivity index (χ2v) is 5.31. The van der Waals surface area contributed by atoms with Crippen LogP contribution in [0.25, 0.3) is 9.40 Å². The zero-order valence-electron chi connectivity index (χ0n) is 8.90. The van der Waals surface area contributed by atoms with E-state index in [4.69, 9.17) is 6.42 Å². The minimum atomic E-state index is 0.0360. The summed E-state index contributed by atoms with van der Waals surface area (Å²) in [5, 5.41) is 2.04. The van der Waals surface area contributed by atoms with Crippen LogP contribution in [0.3, 0.4) is 0 Å². The van der Waals surface area contributed by atoms with Gasteiger partial charge in [0.05, 0.1) is 11.4 Å². The molecule has 16 heavy (non-hydrogen) atoms. The molecule has 0 saturated carbocycles. The van der Waals surface area contributed by atoms with Crippen molar-refractivity contribution in [2.75, 3.05) is 13.1 Å². The summed E-state index contributed by atoms with van der Waals surface area (Å²) in [4.78, 5) is 14.5. The molecule has 82 valence electrons. The smallest absolute Gasteiger partial charge is 0.264 e. The molecule has 2 rings (SSSR count). The van der Waals surface area contributed by atoms with Gasteiger partial charge in [0.2, 0.25) is 0 Å². The lowest BCUT2D eigenvalue weighted by molar-refractivity contribution is 0.0790. The number of nitrogens with zero attached hydrogens (tertiary/aromatic N) is 1. The third kappa shape index (κ3) is 1.97. The van der Waals surface area contributed by atoms with Crippen molar-refractivity contribution >= 4 is 38.0 Å². The molecular formula is C12H11NOS2. The van der Waals surface area contributed by atoms with Gasteiger partial charge in [-0.05, 0) is 24.4 Å². The minimum absolute atomic E-state index is 0.0360. The third-order valence-corrected chi connectivity index (χ3v) is 4.38. The number of terminal acetylenes is 1. The van der Waals surface area contributed by atoms with Crippen LogP contribution in [0.15, 0.2) is 17.5 Å². The van der Waals surface area contributed by atoms with E-state index in [0.29, 0.717) is 13.1 Å². The molecule has 0 aliphatic rings. The zero-order chi connectivity index (χ0) is 11.5. The Hall–Kier alpha value is -1.31. The van der Waals surface area contributed by atoms with Gasteiger partial charge in [0.15, 0.2) is 0 Å². The van der Waals surface area contributed by atoms with Gasteiger partial charge in [0.1, 0.15) is 0 Å². The molecule has 2 nitrogen and oxygen atoms in total. The van der Waals surface area contributed by atoms with E-state index in [1.807, 2.05) is 24.4 Å². The quantitative estimate of drug-likeness (QED) is 0.766. The molecule has 0 spiro atoms. The molecule has 2 aromatic rings. The van der Waals surface area contributed by atoms with E-state index >= 15 is 0 Å². The third-order valence-electron chi connectivity index (χ3n) is 2.30. The standard InChI is InChI=1S/C12H11NOS2/c1-3-6-13(4-2)12(14)11-8-10-9(16-11)5-7-15-10/h1,5,7-8H,4,6H2,2H3. The Labute approximate surface area is 103 Å². The first-order valence-electron chi connectivity index (χ1n) is 4.96. The number of fused-ring (bicyclic) bond motifs is 1. The van der Waals surface area contributed by atoms with Crippen LogP contribution in [0.5, 0.6) is 0 Å². The second-order valence-electron chi connectivity index (χ2n) is 3.28. The average Bonchev–Trinajstić information content (AvgIpc) is 2.84. The highest BCUT2D eigenvalue weighted by Crippen LogP contribution is 2.30. The van der Waals surface area contributed by atoms with Gasteiger partial charge in [-0.15, -0.1) is 29.1 Å². The Kier molecular flexibility index (Phi) is 3.28. The summed E-state index contributed by atoms with van der Waals surface area (Å²) < 4.78 is 2.34. The molecule has 0 atom stereocenters. The van der Waals surface area contributed by atoms with Gasteiger partial charge in [-0.3, -0.25) is 4.79 Å². The van der Waals surface area contributed by atoms with E-state index in [9.17, 15) is 4.79 Å². The predicted octanol–water partition coefficient (Wildman–Crippen LogP) is 3.06. The Morgan fingerprint density at radius 2 is 2.38 bits per heavy atom. The molecule has 2 aromatic heterocycles. The van der Waals surface area contributed by atoms with E-state index in [1.165, 1.54) is 20.7 Å². The molecular weight excluding hydrogens is 238 g/mol. The van der Waals surface area contributed by atoms with E-state index < -0.39 is 0 Å². The van der Waals surface area contributed by atoms with Gasteiger partial charge in [0.25, 0.3) is 5.91 Å². The largest absolute Gasteiger partial charge is 0.327 e. The van der Waals surface area contributed by atoms with Crippen LogP contribution in [0.4, 0.5) is 0 Å². The first-order valence-corrected chi connectivity index (χ1v) is 6.65. The fourth-order valence-electron chi connectivity index (χ4n) is 1.46. The van der Waals surface area contributed by atoms with Crippen LogP contribution in [0.2, 0.25) is 0 Å². The van der Waals surface area contributed by atoms with Crippen molar-refractivity contribution in [2.45, 2.75) is 6.92 Å². The number of amides is 1. The maximum atomic E-state index is 12.1. The van der Waals surface area contributed by atoms with Gasteiger partial charge in [-0.2, -0.15) is 0 Å². The fourth-order valence-corrected chi connectivity index (χ4v) is 3.54. The maximum Gasteiger partial charge on any atom is 0.264 e. The van der Waals surface area contributed by atoms with E-state index in [2.05, 4.69) is 5.92 Å². The molecule has 0 aliphatic heterocycles. The van der Waals surface area contributed by atoms with Crippen LogP contribution < -0.4 is 0 Å². The number of hydrogen-bond acceptors (Lipinski definition) is 3. The highest BCUT2D eigenvalue weighted by Gasteiger charge is 2.16. The number of carbonyl (C=O) groups excluding carboxylic acids is 1. The monoisotopic (exact) mass is 249 g/mol. The van der Waals surface area contributed by atoms with Crippen LogP contribution in [0.1, 0.15) is 16.6 Å². The van der Waals surface area contributed by atoms with Gasteiger partial charge in [0, 0.05) is 15.9 Å². The fraction of sp³-hybridized carbons (Fsp3) is 0.250. The van der Waals surface area contributed by atoms with Gasteiger partial charge >= 0.3 is 0 Å². The lowest BCUT2D eigenvalue weighted by atomic mass is 10.3. The van der Waals surface area contributed by atoms with E-state index in [1.54, 1.807) is 16.2 Å². The summed E-state index contributed by atoms with van der Waals surface area (Å²) in [6.07, 6.45) is 5.24. The van der Waals surface area contributed by atoms with Crippen molar-refractivity contribution in [1.29, 1.82) is 0 Å². The lowest BCUT2D eigenvalue weighted by Gasteiger charge is -2.16. The summed E-state index contributed by atoms with van der Waals surface area (Å²) in [6.45, 7) is 2.96. The summed E-state index contributed by atoms with van der Waals surface area (Å²) in [7, 11) is 0. The van der Waals surface area contributed by atoms with E-state index in [-0.39, 0.29) is 5.91 Å². The molecule has 1 amide bonds. The Morgan fingerprint density at radius 1 is 1.56 bits per heavy atom. The van der Waals surface area contributed by atoms with E-state index in [0.717, 1.165) is 4.88 Å². The molecule has 0 unspecified atom stereocenters. The molecule has 4 heteroatoms. The van der Waals surface area contributed by atoms with Gasteiger partial charge < -0.3 is 4.90 Å². The maximum absolute atomic E-state index is 12.1. The van der Waals surface area contributed by atoms with Crippen molar-refractivity contribution in [1.82, 2.24) is 4.90 Å². The summed E-state index contributed by atoms with van der Waals surface area (Å²) >= 11 is 3.19. The number of thiophene rings is 2. The second kappa shape index (κ2) is 4.69. The molecule has 0 radical (unpaired) electrons. The Balaban J connectivity index is 2.27. The highest BCUT2D eigenvalue weighted by atomic mass is 32.1. The van der Waals surface area contributed by atoms with Crippen molar-refractivity contribution in [3.63, 3.8) is 0 Å². The highest BCUT2D eigenvalue weighted by molar-refractivity contribution is 7.27. The Morgan fingerprint density at radius 3 is 3.00 bits per heavy atom. The van der Waals surface area contributed by atoms with Crippen LogP contribution in [0, 0.1) is 12.3 Å². The Bertz CT molecular complexity index is 518. The molecule has 0 aromatic carbocycles. The normalized spacial score (nSPS) is 10.2. The molecule has 0 bridgehead atoms. The zero-order valence-corrected chi connectivity index (χ0v) is 10.5. The van der Waals surface area contributed by atoms with Crippen LogP contribution in [-0.4, -0.2) is 23.9 Å². The average molecular weight is 249 g/mol. The first kappa shape index (κ1) is 11.2.